The van der Waals surface area contributed by atoms with Crippen molar-refractivity contribution in [2.45, 2.75) is 65.3 Å². The predicted molar refractivity (Wildman–Crippen MR) is 84.4 cm³/mol. The Labute approximate surface area is 123 Å². The zero-order valence-electron chi connectivity index (χ0n) is 13.0. The summed E-state index contributed by atoms with van der Waals surface area (Å²) < 4.78 is 0. The summed E-state index contributed by atoms with van der Waals surface area (Å²) in [5, 5.41) is 3.22. The van der Waals surface area contributed by atoms with Crippen LogP contribution < -0.4 is 5.32 Å². The number of carbonyl (C=O) groups is 1. The highest BCUT2D eigenvalue weighted by Gasteiger charge is 2.20. The molecule has 0 radical (unpaired) electrons. The molecule has 2 rings (SSSR count). The Morgan fingerprint density at radius 3 is 2.60 bits per heavy atom. The monoisotopic (exact) mass is 273 g/mol. The molecule has 0 aliphatic heterocycles. The van der Waals surface area contributed by atoms with E-state index in [0.717, 1.165) is 25.2 Å². The SMILES string of the molecule is CC1=CC=C(C)CC(CC(=O)NC2CCC(C)CC2)=C1. The number of carbonyl (C=O) groups excluding carboxylic acids is 1. The lowest BCUT2D eigenvalue weighted by Crippen LogP contribution is -2.37. The van der Waals surface area contributed by atoms with E-state index in [1.165, 1.54) is 29.6 Å². The Hall–Kier alpha value is -1.31. The van der Waals surface area contributed by atoms with Crippen LogP contribution in [0.25, 0.3) is 0 Å². The fourth-order valence-corrected chi connectivity index (χ4v) is 3.11. The van der Waals surface area contributed by atoms with Crippen LogP contribution >= 0.6 is 0 Å². The molecule has 0 aromatic heterocycles. The molecule has 20 heavy (non-hydrogen) atoms. The van der Waals surface area contributed by atoms with Gasteiger partial charge in [0.2, 0.25) is 5.91 Å². The number of nitrogens with one attached hydrogen (secondary N) is 1. The number of rotatable bonds is 3. The van der Waals surface area contributed by atoms with Crippen LogP contribution in [0, 0.1) is 5.92 Å². The summed E-state index contributed by atoms with van der Waals surface area (Å²) in [6.45, 7) is 6.53. The molecule has 0 bridgehead atoms. The van der Waals surface area contributed by atoms with Gasteiger partial charge < -0.3 is 5.32 Å². The molecular weight excluding hydrogens is 246 g/mol. The van der Waals surface area contributed by atoms with Gasteiger partial charge in [-0.25, -0.2) is 0 Å². The molecule has 2 nitrogen and oxygen atoms in total. The van der Waals surface area contributed by atoms with Crippen molar-refractivity contribution in [1.82, 2.24) is 5.32 Å². The third-order valence-corrected chi connectivity index (χ3v) is 4.34. The van der Waals surface area contributed by atoms with Crippen LogP contribution in [0.5, 0.6) is 0 Å². The summed E-state index contributed by atoms with van der Waals surface area (Å²) in [6.07, 6.45) is 12.7. The van der Waals surface area contributed by atoms with Gasteiger partial charge in [0.15, 0.2) is 0 Å². The molecular formula is C18H27NO. The first-order valence-electron chi connectivity index (χ1n) is 7.86. The number of hydrogen-bond donors (Lipinski definition) is 1. The minimum absolute atomic E-state index is 0.193. The summed E-state index contributed by atoms with van der Waals surface area (Å²) in [4.78, 5) is 12.2. The first-order chi connectivity index (χ1) is 9.52. The van der Waals surface area contributed by atoms with E-state index in [1.807, 2.05) is 0 Å². The second-order valence-electron chi connectivity index (χ2n) is 6.60. The molecule has 1 amide bonds. The Morgan fingerprint density at radius 1 is 1.20 bits per heavy atom. The first kappa shape index (κ1) is 15.1. The standard InChI is InChI=1S/C18H27NO/c1-13-6-8-17(9-7-13)19-18(20)12-16-10-14(2)4-5-15(3)11-16/h4-5,10,13,17H,6-9,11-12H2,1-3H3,(H,19,20). The van der Waals surface area contributed by atoms with Crippen LogP contribution in [0.4, 0.5) is 0 Å². The van der Waals surface area contributed by atoms with Gasteiger partial charge in [0, 0.05) is 12.5 Å². The van der Waals surface area contributed by atoms with Crippen LogP contribution in [0.3, 0.4) is 0 Å². The van der Waals surface area contributed by atoms with Gasteiger partial charge in [-0.05, 0) is 51.9 Å². The highest BCUT2D eigenvalue weighted by atomic mass is 16.1. The maximum atomic E-state index is 12.2. The normalized spacial score (nSPS) is 27.1. The topological polar surface area (TPSA) is 29.1 Å². The first-order valence-corrected chi connectivity index (χ1v) is 7.86. The van der Waals surface area contributed by atoms with Crippen molar-refractivity contribution in [3.63, 3.8) is 0 Å². The van der Waals surface area contributed by atoms with Gasteiger partial charge in [0.1, 0.15) is 0 Å². The van der Waals surface area contributed by atoms with Crippen molar-refractivity contribution >= 4 is 5.91 Å². The summed E-state index contributed by atoms with van der Waals surface area (Å²) >= 11 is 0. The fraction of sp³-hybridized carbons (Fsp3) is 0.611. The average Bonchev–Trinajstić information content (AvgIpc) is 2.53. The number of hydrogen-bond acceptors (Lipinski definition) is 1. The lowest BCUT2D eigenvalue weighted by atomic mass is 9.87. The lowest BCUT2D eigenvalue weighted by Gasteiger charge is -2.27. The molecule has 0 aromatic carbocycles. The maximum Gasteiger partial charge on any atom is 0.224 e. The predicted octanol–water partition coefficient (Wildman–Crippen LogP) is 4.29. The van der Waals surface area contributed by atoms with Crippen molar-refractivity contribution in [1.29, 1.82) is 0 Å². The van der Waals surface area contributed by atoms with Crippen molar-refractivity contribution in [3.05, 3.63) is 34.9 Å². The van der Waals surface area contributed by atoms with Gasteiger partial charge in [-0.15, -0.1) is 0 Å². The van der Waals surface area contributed by atoms with E-state index in [1.54, 1.807) is 0 Å². The Morgan fingerprint density at radius 2 is 1.90 bits per heavy atom. The van der Waals surface area contributed by atoms with E-state index >= 15 is 0 Å². The van der Waals surface area contributed by atoms with Gasteiger partial charge >= 0.3 is 0 Å². The van der Waals surface area contributed by atoms with E-state index in [-0.39, 0.29) is 5.91 Å². The van der Waals surface area contributed by atoms with E-state index in [4.69, 9.17) is 0 Å². The van der Waals surface area contributed by atoms with Crippen molar-refractivity contribution in [3.8, 4) is 0 Å². The molecule has 110 valence electrons. The number of amides is 1. The van der Waals surface area contributed by atoms with E-state index in [2.05, 4.69) is 44.3 Å². The van der Waals surface area contributed by atoms with Gasteiger partial charge in [-0.2, -0.15) is 0 Å². The fourth-order valence-electron chi connectivity index (χ4n) is 3.11. The molecule has 0 aromatic rings. The maximum absolute atomic E-state index is 12.2. The molecule has 0 spiro atoms. The molecule has 2 heteroatoms. The Balaban J connectivity index is 1.85. The highest BCUT2D eigenvalue weighted by molar-refractivity contribution is 5.79. The van der Waals surface area contributed by atoms with Crippen LogP contribution in [0.15, 0.2) is 34.9 Å². The lowest BCUT2D eigenvalue weighted by molar-refractivity contribution is -0.121. The van der Waals surface area contributed by atoms with Crippen molar-refractivity contribution in [2.24, 2.45) is 5.92 Å². The van der Waals surface area contributed by atoms with Crippen LogP contribution in [-0.4, -0.2) is 11.9 Å². The minimum Gasteiger partial charge on any atom is -0.353 e. The van der Waals surface area contributed by atoms with E-state index in [0.29, 0.717) is 12.5 Å². The van der Waals surface area contributed by atoms with Crippen LogP contribution in [0.1, 0.15) is 59.3 Å². The summed E-state index contributed by atoms with van der Waals surface area (Å²) in [6, 6.07) is 0.401. The zero-order chi connectivity index (χ0) is 14.5. The highest BCUT2D eigenvalue weighted by Crippen LogP contribution is 2.24. The average molecular weight is 273 g/mol. The minimum atomic E-state index is 0.193. The second-order valence-corrected chi connectivity index (χ2v) is 6.60. The van der Waals surface area contributed by atoms with Crippen LogP contribution in [-0.2, 0) is 4.79 Å². The molecule has 0 atom stereocenters. The Kier molecular flexibility index (Phi) is 5.22. The van der Waals surface area contributed by atoms with E-state index < -0.39 is 0 Å². The van der Waals surface area contributed by atoms with Crippen molar-refractivity contribution in [2.75, 3.05) is 0 Å². The molecule has 1 saturated carbocycles. The van der Waals surface area contributed by atoms with Gasteiger partial charge in [0.05, 0.1) is 0 Å². The quantitative estimate of drug-likeness (QED) is 0.816. The third kappa shape index (κ3) is 4.66. The van der Waals surface area contributed by atoms with Crippen LogP contribution in [0.2, 0.25) is 0 Å². The van der Waals surface area contributed by atoms with Crippen molar-refractivity contribution < 1.29 is 4.79 Å². The molecule has 1 N–H and O–H groups in total. The Bertz CT molecular complexity index is 448. The molecule has 2 aliphatic rings. The zero-order valence-corrected chi connectivity index (χ0v) is 13.0. The largest absolute Gasteiger partial charge is 0.353 e. The molecule has 2 aliphatic carbocycles. The summed E-state index contributed by atoms with van der Waals surface area (Å²) in [7, 11) is 0. The van der Waals surface area contributed by atoms with Gasteiger partial charge in [-0.3, -0.25) is 4.79 Å². The van der Waals surface area contributed by atoms with Gasteiger partial charge in [0.25, 0.3) is 0 Å². The molecule has 0 unspecified atom stereocenters. The molecule has 0 heterocycles. The third-order valence-electron chi connectivity index (χ3n) is 4.34. The summed E-state index contributed by atoms with van der Waals surface area (Å²) in [5.41, 5.74) is 3.79. The van der Waals surface area contributed by atoms with Gasteiger partial charge in [-0.1, -0.05) is 41.9 Å². The summed E-state index contributed by atoms with van der Waals surface area (Å²) in [5.74, 6) is 1.02. The van der Waals surface area contributed by atoms with E-state index in [9.17, 15) is 4.79 Å². The molecule has 1 fully saturated rings. The number of allylic oxidation sites excluding steroid dienone is 5. The smallest absolute Gasteiger partial charge is 0.224 e. The second kappa shape index (κ2) is 6.92. The molecule has 0 saturated heterocycles.